The number of ether oxygens (including phenoxy) is 2. The topological polar surface area (TPSA) is 34.1 Å². The summed E-state index contributed by atoms with van der Waals surface area (Å²) in [6.45, 7) is 4.42. The number of benzene rings is 3. The molecule has 0 spiro atoms. The van der Waals surface area contributed by atoms with Gasteiger partial charge in [-0.3, -0.25) is 0 Å². The molecule has 0 unspecified atom stereocenters. The summed E-state index contributed by atoms with van der Waals surface area (Å²) in [6.07, 6.45) is 0.579. The van der Waals surface area contributed by atoms with Gasteiger partial charge in [0.2, 0.25) is 6.23 Å². The Hall–Kier alpha value is -2.79. The maximum Gasteiger partial charge on any atom is 0.213 e. The van der Waals surface area contributed by atoms with E-state index in [2.05, 4.69) is 83.3 Å². The van der Waals surface area contributed by atoms with Crippen LogP contribution in [-0.2, 0) is 0 Å². The lowest BCUT2D eigenvalue weighted by molar-refractivity contribution is -0.0190. The van der Waals surface area contributed by atoms with Crippen molar-refractivity contribution in [1.82, 2.24) is 5.01 Å². The Bertz CT molecular complexity index is 1120. The van der Waals surface area contributed by atoms with Crippen LogP contribution in [0.1, 0.15) is 60.7 Å². The molecular formula is C26H25BrN2O2. The van der Waals surface area contributed by atoms with Gasteiger partial charge in [-0.25, -0.2) is 5.01 Å². The van der Waals surface area contributed by atoms with Crippen LogP contribution in [-0.4, -0.2) is 17.8 Å². The van der Waals surface area contributed by atoms with Gasteiger partial charge < -0.3 is 9.47 Å². The van der Waals surface area contributed by atoms with Crippen molar-refractivity contribution in [2.24, 2.45) is 5.10 Å². The standard InChI is InChI=1S/C26H25BrN2O2/c1-16(2)17-4-6-19(7-5-17)26-29-24(22-14-20(27)10-13-25(22)31-26)15-23(28-29)18-8-11-21(30-3)12-9-18/h4-14,16,24,26H,15H2,1-3H3/t24-,26-/m1/s1. The van der Waals surface area contributed by atoms with Crippen LogP contribution in [0.5, 0.6) is 11.5 Å². The molecule has 3 aromatic rings. The van der Waals surface area contributed by atoms with Crippen molar-refractivity contribution in [2.45, 2.75) is 38.5 Å². The van der Waals surface area contributed by atoms with E-state index >= 15 is 0 Å². The summed E-state index contributed by atoms with van der Waals surface area (Å²) in [5, 5.41) is 7.17. The van der Waals surface area contributed by atoms with Crippen molar-refractivity contribution in [3.05, 3.63) is 93.5 Å². The Morgan fingerprint density at radius 1 is 1.03 bits per heavy atom. The fourth-order valence-corrected chi connectivity index (χ4v) is 4.66. The van der Waals surface area contributed by atoms with Gasteiger partial charge in [0.05, 0.1) is 18.9 Å². The van der Waals surface area contributed by atoms with Gasteiger partial charge in [-0.1, -0.05) is 54.0 Å². The summed E-state index contributed by atoms with van der Waals surface area (Å²) >= 11 is 3.62. The highest BCUT2D eigenvalue weighted by molar-refractivity contribution is 9.10. The Morgan fingerprint density at radius 2 is 1.77 bits per heavy atom. The predicted octanol–water partition coefficient (Wildman–Crippen LogP) is 6.82. The van der Waals surface area contributed by atoms with E-state index in [0.29, 0.717) is 5.92 Å². The second-order valence-corrected chi connectivity index (χ2v) is 9.26. The first-order valence-corrected chi connectivity index (χ1v) is 11.4. The minimum Gasteiger partial charge on any atom is -0.497 e. The van der Waals surface area contributed by atoms with Crippen molar-refractivity contribution in [1.29, 1.82) is 0 Å². The molecule has 31 heavy (non-hydrogen) atoms. The molecule has 0 radical (unpaired) electrons. The number of fused-ring (bicyclic) bond motifs is 3. The molecule has 0 saturated heterocycles. The van der Waals surface area contributed by atoms with Gasteiger partial charge in [0.25, 0.3) is 0 Å². The second kappa shape index (κ2) is 8.04. The molecule has 2 heterocycles. The highest BCUT2D eigenvalue weighted by Gasteiger charge is 2.41. The third-order valence-corrected chi connectivity index (χ3v) is 6.56. The highest BCUT2D eigenvalue weighted by Crippen LogP contribution is 2.48. The van der Waals surface area contributed by atoms with Crippen molar-refractivity contribution >= 4 is 21.6 Å². The van der Waals surface area contributed by atoms with E-state index in [-0.39, 0.29) is 12.3 Å². The molecule has 5 rings (SSSR count). The van der Waals surface area contributed by atoms with Crippen LogP contribution < -0.4 is 9.47 Å². The first-order chi connectivity index (χ1) is 15.0. The Kier molecular flexibility index (Phi) is 5.22. The summed E-state index contributed by atoms with van der Waals surface area (Å²) in [4.78, 5) is 0. The minimum absolute atomic E-state index is 0.133. The van der Waals surface area contributed by atoms with Crippen LogP contribution in [0.2, 0.25) is 0 Å². The lowest BCUT2D eigenvalue weighted by Crippen LogP contribution is -2.33. The van der Waals surface area contributed by atoms with Crippen molar-refractivity contribution < 1.29 is 9.47 Å². The van der Waals surface area contributed by atoms with Crippen LogP contribution in [0, 0.1) is 0 Å². The number of hydrazone groups is 1. The fourth-order valence-electron chi connectivity index (χ4n) is 4.28. The van der Waals surface area contributed by atoms with Crippen molar-refractivity contribution in [3.63, 3.8) is 0 Å². The molecule has 2 atom stereocenters. The molecule has 2 aliphatic rings. The molecule has 2 aliphatic heterocycles. The molecule has 0 aliphatic carbocycles. The monoisotopic (exact) mass is 476 g/mol. The lowest BCUT2D eigenvalue weighted by atomic mass is 9.95. The molecule has 0 saturated carbocycles. The molecule has 0 N–H and O–H groups in total. The van der Waals surface area contributed by atoms with E-state index in [1.165, 1.54) is 5.56 Å². The quantitative estimate of drug-likeness (QED) is 0.413. The predicted molar refractivity (Wildman–Crippen MR) is 127 cm³/mol. The lowest BCUT2D eigenvalue weighted by Gasteiger charge is -2.38. The third kappa shape index (κ3) is 3.72. The number of halogens is 1. The largest absolute Gasteiger partial charge is 0.497 e. The van der Waals surface area contributed by atoms with Crippen molar-refractivity contribution in [2.75, 3.05) is 7.11 Å². The Morgan fingerprint density at radius 3 is 2.45 bits per heavy atom. The summed E-state index contributed by atoms with van der Waals surface area (Å²) in [7, 11) is 1.68. The van der Waals surface area contributed by atoms with Gasteiger partial charge in [-0.05, 0) is 59.5 Å². The first kappa shape index (κ1) is 20.1. The average Bonchev–Trinajstić information content (AvgIpc) is 3.24. The molecule has 158 valence electrons. The highest BCUT2D eigenvalue weighted by atomic mass is 79.9. The third-order valence-electron chi connectivity index (χ3n) is 6.06. The van der Waals surface area contributed by atoms with E-state index in [1.54, 1.807) is 7.11 Å². The minimum atomic E-state index is -0.254. The fraction of sp³-hybridized carbons (Fsp3) is 0.269. The van der Waals surface area contributed by atoms with E-state index in [0.717, 1.165) is 44.8 Å². The molecular weight excluding hydrogens is 452 g/mol. The van der Waals surface area contributed by atoms with Crippen LogP contribution in [0.3, 0.4) is 0 Å². The van der Waals surface area contributed by atoms with E-state index in [1.807, 2.05) is 18.2 Å². The number of rotatable bonds is 4. The normalized spacial score (nSPS) is 19.5. The van der Waals surface area contributed by atoms with Gasteiger partial charge in [0, 0.05) is 22.0 Å². The van der Waals surface area contributed by atoms with Crippen molar-refractivity contribution in [3.8, 4) is 11.5 Å². The number of methoxy groups -OCH3 is 1. The molecule has 0 fully saturated rings. The molecule has 0 amide bonds. The van der Waals surface area contributed by atoms with Gasteiger partial charge in [0.15, 0.2) is 0 Å². The first-order valence-electron chi connectivity index (χ1n) is 10.6. The molecule has 5 heteroatoms. The van der Waals surface area contributed by atoms with Gasteiger partial charge >= 0.3 is 0 Å². The van der Waals surface area contributed by atoms with Gasteiger partial charge in [0.1, 0.15) is 11.5 Å². The summed E-state index contributed by atoms with van der Waals surface area (Å²) in [6, 6.07) is 23.2. The van der Waals surface area contributed by atoms with E-state index < -0.39 is 0 Å². The number of hydrogen-bond acceptors (Lipinski definition) is 4. The van der Waals surface area contributed by atoms with Crippen LogP contribution >= 0.6 is 15.9 Å². The van der Waals surface area contributed by atoms with Gasteiger partial charge in [-0.15, -0.1) is 0 Å². The summed E-state index contributed by atoms with van der Waals surface area (Å²) < 4.78 is 12.8. The zero-order valence-electron chi connectivity index (χ0n) is 17.9. The zero-order valence-corrected chi connectivity index (χ0v) is 19.5. The van der Waals surface area contributed by atoms with Gasteiger partial charge in [-0.2, -0.15) is 5.10 Å². The SMILES string of the molecule is COc1ccc(C2=NN3[C@H](C2)c2cc(Br)ccc2O[C@@H]3c2ccc(C(C)C)cc2)cc1. The zero-order chi connectivity index (χ0) is 21.5. The summed E-state index contributed by atoms with van der Waals surface area (Å²) in [5.74, 6) is 2.27. The smallest absolute Gasteiger partial charge is 0.213 e. The molecule has 3 aromatic carbocycles. The molecule has 0 aromatic heterocycles. The summed E-state index contributed by atoms with van der Waals surface area (Å²) in [5.41, 5.74) is 5.78. The van der Waals surface area contributed by atoms with Crippen LogP contribution in [0.25, 0.3) is 0 Å². The Balaban J connectivity index is 1.55. The Labute approximate surface area is 191 Å². The maximum absolute atomic E-state index is 6.49. The van der Waals surface area contributed by atoms with E-state index in [9.17, 15) is 0 Å². The number of hydrogen-bond donors (Lipinski definition) is 0. The molecule has 4 nitrogen and oxygen atoms in total. The average molecular weight is 477 g/mol. The number of nitrogens with zero attached hydrogens (tertiary/aromatic N) is 2. The molecule has 0 bridgehead atoms. The maximum atomic E-state index is 6.49. The van der Waals surface area contributed by atoms with Crippen LogP contribution in [0.15, 0.2) is 76.3 Å². The van der Waals surface area contributed by atoms with E-state index in [4.69, 9.17) is 14.6 Å². The second-order valence-electron chi connectivity index (χ2n) is 8.35. The van der Waals surface area contributed by atoms with Crippen LogP contribution in [0.4, 0.5) is 0 Å².